The highest BCUT2D eigenvalue weighted by atomic mass is 28.4. The Balaban J connectivity index is 1.85. The molecule has 5 atom stereocenters. The largest absolute Gasteiger partial charge is 0.496 e. The third-order valence-electron chi connectivity index (χ3n) is 5.46. The fourth-order valence-electron chi connectivity index (χ4n) is 4.80. The number of cyclic esters (lactones) is 4. The summed E-state index contributed by atoms with van der Waals surface area (Å²) in [5, 5.41) is 0. The first-order chi connectivity index (χ1) is 11.9. The maximum Gasteiger partial charge on any atom is 0.496 e. The van der Waals surface area contributed by atoms with Gasteiger partial charge in [0, 0.05) is 5.54 Å². The van der Waals surface area contributed by atoms with Crippen LogP contribution in [-0.4, -0.2) is 51.4 Å². The van der Waals surface area contributed by atoms with Gasteiger partial charge in [0.1, 0.15) is 0 Å². The number of fused-ring (bicyclic) bond motifs is 1. The van der Waals surface area contributed by atoms with Crippen molar-refractivity contribution in [1.82, 2.24) is 0 Å². The minimum atomic E-state index is -4.23. The number of rotatable bonds is 4. The lowest BCUT2D eigenvalue weighted by molar-refractivity contribution is -0.154. The average Bonchev–Trinajstić information content (AvgIpc) is 3.08. The van der Waals surface area contributed by atoms with E-state index in [0.717, 1.165) is 0 Å². The van der Waals surface area contributed by atoms with Crippen molar-refractivity contribution in [2.45, 2.75) is 12.0 Å². The van der Waals surface area contributed by atoms with Crippen LogP contribution in [0.15, 0.2) is 0 Å². The van der Waals surface area contributed by atoms with Crippen LogP contribution in [0.25, 0.3) is 0 Å². The smallest absolute Gasteiger partial charge is 0.393 e. The highest BCUT2D eigenvalue weighted by Gasteiger charge is 2.74. The molecule has 3 aliphatic carbocycles. The third kappa shape index (κ3) is 1.52. The Bertz CT molecular complexity index is 632. The molecule has 22 heavy (non-hydrogen) atoms. The predicted octanol–water partition coefficient (Wildman–Crippen LogP) is -2.45. The SMILES string of the molecule is [3H]O[Si](O[3H])(O[3H])C1CC2C3C(=O)OC(=O)C3C1C1C(=O)OC(=O)C21. The second-order valence-electron chi connectivity index (χ2n) is 6.27. The summed E-state index contributed by atoms with van der Waals surface area (Å²) in [5.41, 5.74) is -0.968. The van der Waals surface area contributed by atoms with Crippen molar-refractivity contribution in [2.24, 2.45) is 35.5 Å². The van der Waals surface area contributed by atoms with Crippen LogP contribution in [0.5, 0.6) is 0 Å². The molecule has 0 amide bonds. The molecule has 5 rings (SSSR count). The number of hydrogen-bond donors (Lipinski definition) is 3. The molecule has 118 valence electrons. The molecule has 10 heteroatoms. The summed E-state index contributed by atoms with van der Waals surface area (Å²) < 4.78 is 31.0. The molecule has 0 spiro atoms. The lowest BCUT2D eigenvalue weighted by atomic mass is 9.51. The molecular formula is C12H12O9Si. The van der Waals surface area contributed by atoms with Gasteiger partial charge in [-0.3, -0.25) is 19.2 Å². The van der Waals surface area contributed by atoms with E-state index in [9.17, 15) is 19.2 Å². The van der Waals surface area contributed by atoms with Crippen LogP contribution in [0, 0.1) is 35.5 Å². The van der Waals surface area contributed by atoms with Crippen molar-refractivity contribution in [2.75, 3.05) is 0 Å². The Morgan fingerprint density at radius 2 is 1.32 bits per heavy atom. The van der Waals surface area contributed by atoms with Crippen molar-refractivity contribution in [3.63, 3.8) is 0 Å². The van der Waals surface area contributed by atoms with Gasteiger partial charge < -0.3 is 23.9 Å². The molecule has 2 heterocycles. The first kappa shape index (κ1) is 11.0. The van der Waals surface area contributed by atoms with Gasteiger partial charge >= 0.3 is 32.7 Å². The standard InChI is InChI=1S/C12H12O9Si/c13-9-4-2-1-3(22(17,18)19)6(7(4)11(15)20-9)8-5(2)10(14)21-12(8)16/h2-8,17-19H,1H2/i17T,18T,19T. The van der Waals surface area contributed by atoms with Crippen LogP contribution in [0.3, 0.4) is 0 Å². The molecule has 0 aromatic heterocycles. The van der Waals surface area contributed by atoms with Gasteiger partial charge in [-0.1, -0.05) is 0 Å². The van der Waals surface area contributed by atoms with Crippen LogP contribution in [0.2, 0.25) is 5.54 Å². The summed E-state index contributed by atoms with van der Waals surface area (Å²) in [6.07, 6.45) is 0.0145. The summed E-state index contributed by atoms with van der Waals surface area (Å²) in [6, 6.07) is 0. The van der Waals surface area contributed by atoms with Crippen molar-refractivity contribution in [1.29, 1.82) is 4.29 Å². The third-order valence-corrected chi connectivity index (χ3v) is 6.99. The summed E-state index contributed by atoms with van der Waals surface area (Å²) in [5.74, 6) is -8.96. The van der Waals surface area contributed by atoms with Gasteiger partial charge in [-0.2, -0.15) is 0 Å². The summed E-state index contributed by atoms with van der Waals surface area (Å²) in [7, 11) is -4.23. The highest BCUT2D eigenvalue weighted by molar-refractivity contribution is 6.58. The first-order valence-electron chi connectivity index (χ1n) is 8.06. The van der Waals surface area contributed by atoms with E-state index in [1.54, 1.807) is 0 Å². The maximum absolute atomic E-state index is 12.2. The molecule has 2 aliphatic heterocycles. The zero-order valence-electron chi connectivity index (χ0n) is 13.9. The monoisotopic (exact) mass is 334 g/mol. The molecule has 5 unspecified atom stereocenters. The fraction of sp³-hybridized carbons (Fsp3) is 0.667. The van der Waals surface area contributed by atoms with E-state index in [4.69, 9.17) is 13.8 Å². The molecule has 2 saturated heterocycles. The Kier molecular flexibility index (Phi) is 2.01. The fourth-order valence-corrected chi connectivity index (χ4v) is 6.25. The van der Waals surface area contributed by atoms with Gasteiger partial charge in [0.05, 0.1) is 23.7 Å². The number of ether oxygens (including phenoxy) is 2. The zero-order valence-corrected chi connectivity index (χ0v) is 11.9. The van der Waals surface area contributed by atoms with E-state index < -0.39 is 73.7 Å². The van der Waals surface area contributed by atoms with Gasteiger partial charge in [0.2, 0.25) is 0 Å². The minimum Gasteiger partial charge on any atom is -0.393 e. The van der Waals surface area contributed by atoms with Gasteiger partial charge in [-0.25, -0.2) is 0 Å². The van der Waals surface area contributed by atoms with E-state index in [1.165, 1.54) is 0 Å². The molecule has 3 N–H and O–H groups in total. The summed E-state index contributed by atoms with van der Waals surface area (Å²) >= 11 is 0. The van der Waals surface area contributed by atoms with E-state index in [-0.39, 0.29) is 6.42 Å². The maximum atomic E-state index is 12.2. The second-order valence-corrected chi connectivity index (χ2v) is 8.22. The van der Waals surface area contributed by atoms with E-state index >= 15 is 0 Å². The highest BCUT2D eigenvalue weighted by Crippen LogP contribution is 2.64. The van der Waals surface area contributed by atoms with Crippen LogP contribution >= 0.6 is 0 Å². The molecule has 5 aliphatic rings. The van der Waals surface area contributed by atoms with Crippen molar-refractivity contribution in [3.05, 3.63) is 0 Å². The van der Waals surface area contributed by atoms with Crippen molar-refractivity contribution in [3.8, 4) is 0 Å². The Morgan fingerprint density at radius 1 is 0.864 bits per heavy atom. The molecule has 2 bridgehead atoms. The van der Waals surface area contributed by atoms with Crippen LogP contribution in [0.1, 0.15) is 6.42 Å². The van der Waals surface area contributed by atoms with Crippen LogP contribution in [0.4, 0.5) is 0 Å². The topological polar surface area (TPSA) is 147 Å². The lowest BCUT2D eigenvalue weighted by Gasteiger charge is -2.51. The summed E-state index contributed by atoms with van der Waals surface area (Å²) in [6.45, 7) is 0. The van der Waals surface area contributed by atoms with Gasteiger partial charge in [-0.05, 0) is 18.3 Å². The van der Waals surface area contributed by atoms with E-state index in [2.05, 4.69) is 14.4 Å². The van der Waals surface area contributed by atoms with Crippen LogP contribution in [-0.2, 0) is 28.7 Å². The van der Waals surface area contributed by atoms with E-state index in [0.29, 0.717) is 0 Å². The predicted molar refractivity (Wildman–Crippen MR) is 63.9 cm³/mol. The zero-order chi connectivity index (χ0) is 18.1. The van der Waals surface area contributed by atoms with Crippen molar-refractivity contribution >= 4 is 32.7 Å². The van der Waals surface area contributed by atoms with Crippen LogP contribution < -0.4 is 0 Å². The number of esters is 4. The summed E-state index contributed by atoms with van der Waals surface area (Å²) in [4.78, 5) is 61.9. The van der Waals surface area contributed by atoms with Gasteiger partial charge in [0.25, 0.3) is 0 Å². The first-order valence-corrected chi connectivity index (χ1v) is 8.64. The molecule has 0 radical (unpaired) electrons. The average molecular weight is 334 g/mol. The Labute approximate surface area is 128 Å². The van der Waals surface area contributed by atoms with Gasteiger partial charge in [0.15, 0.2) is 4.29 Å². The number of hydrogen-bond acceptors (Lipinski definition) is 9. The molecule has 0 aromatic rings. The normalized spacial score (nSPS) is 48.2. The molecule has 3 saturated carbocycles. The molecule has 0 aromatic carbocycles. The Hall–Kier alpha value is -1.62. The van der Waals surface area contributed by atoms with Gasteiger partial charge in [-0.15, -0.1) is 0 Å². The van der Waals surface area contributed by atoms with Crippen molar-refractivity contribution < 1.29 is 43.0 Å². The quantitative estimate of drug-likeness (QED) is 0.289. The molecular weight excluding hydrogens is 316 g/mol. The molecule has 5 fully saturated rings. The van der Waals surface area contributed by atoms with E-state index in [1.807, 2.05) is 0 Å². The minimum absolute atomic E-state index is 0.0145. The number of carbonyl (C=O) groups is 4. The number of carbonyl (C=O) groups excluding carboxylic acids is 4. The lowest BCUT2D eigenvalue weighted by Crippen LogP contribution is -2.61. The molecule has 9 nitrogen and oxygen atoms in total. The second kappa shape index (κ2) is 4.01. The Morgan fingerprint density at radius 3 is 1.77 bits per heavy atom.